The molecule has 2 unspecified atom stereocenters. The summed E-state index contributed by atoms with van der Waals surface area (Å²) >= 11 is 6.39. The van der Waals surface area contributed by atoms with Crippen LogP contribution in [0.3, 0.4) is 0 Å². The summed E-state index contributed by atoms with van der Waals surface area (Å²) in [5, 5.41) is 21.1. The van der Waals surface area contributed by atoms with E-state index in [1.807, 2.05) is 0 Å². The van der Waals surface area contributed by atoms with E-state index in [9.17, 15) is 18.7 Å². The van der Waals surface area contributed by atoms with Gasteiger partial charge in [-0.2, -0.15) is 15.1 Å². The van der Waals surface area contributed by atoms with Gasteiger partial charge in [-0.15, -0.1) is 0 Å². The van der Waals surface area contributed by atoms with E-state index < -0.39 is 35.4 Å². The van der Waals surface area contributed by atoms with E-state index >= 15 is 0 Å². The fourth-order valence-corrected chi connectivity index (χ4v) is 3.68. The Hall–Kier alpha value is -3.83. The maximum Gasteiger partial charge on any atom is 0.331 e. The van der Waals surface area contributed by atoms with Crippen LogP contribution in [0.1, 0.15) is 27.7 Å². The predicted octanol–water partition coefficient (Wildman–Crippen LogP) is 5.25. The van der Waals surface area contributed by atoms with Crippen LogP contribution in [0.4, 0.5) is 14.6 Å². The second-order valence-corrected chi connectivity index (χ2v) is 9.61. The van der Waals surface area contributed by atoms with E-state index in [4.69, 9.17) is 21.1 Å². The Kier molecular flexibility index (Phi) is 7.28. The molecule has 0 fully saturated rings. The van der Waals surface area contributed by atoms with Gasteiger partial charge in [0.05, 0.1) is 16.5 Å². The molecule has 2 aromatic heterocycles. The number of hydrogen-bond donors (Lipinski definition) is 3. The molecule has 0 saturated heterocycles. The Morgan fingerprint density at radius 1 is 1.16 bits per heavy atom. The maximum absolute atomic E-state index is 14.2. The highest BCUT2D eigenvalue weighted by atomic mass is 35.5. The number of benzene rings is 2. The number of aromatic amines is 1. The summed E-state index contributed by atoms with van der Waals surface area (Å²) in [6.45, 7) is 6.50. The fraction of sp³-hybridized carbons (Fsp3) is 0.280. The highest BCUT2D eigenvalue weighted by Gasteiger charge is 2.31. The van der Waals surface area contributed by atoms with Crippen LogP contribution in [0.15, 0.2) is 42.5 Å². The number of H-pyrrole nitrogens is 1. The normalized spacial score (nSPS) is 13.3. The van der Waals surface area contributed by atoms with Gasteiger partial charge in [0.15, 0.2) is 23.3 Å². The van der Waals surface area contributed by atoms with Crippen LogP contribution in [0.5, 0.6) is 11.8 Å². The lowest BCUT2D eigenvalue weighted by atomic mass is 10.1. The van der Waals surface area contributed by atoms with Crippen LogP contribution in [0.2, 0.25) is 5.02 Å². The molecular formula is C25H24ClF2N5O4. The van der Waals surface area contributed by atoms with Crippen molar-refractivity contribution in [1.29, 1.82) is 0 Å². The number of aliphatic hydroxyl groups excluding tert-OH is 1. The number of hydrogen-bond acceptors (Lipinski definition) is 8. The number of aliphatic hydroxyl groups is 1. The Labute approximate surface area is 215 Å². The maximum atomic E-state index is 14.2. The zero-order chi connectivity index (χ0) is 26.9. The van der Waals surface area contributed by atoms with Gasteiger partial charge >= 0.3 is 12.0 Å². The number of esters is 1. The molecule has 0 saturated carbocycles. The Morgan fingerprint density at radius 2 is 1.89 bits per heavy atom. The molecular weight excluding hydrogens is 508 g/mol. The first kappa shape index (κ1) is 26.2. The van der Waals surface area contributed by atoms with Crippen LogP contribution in [-0.2, 0) is 9.53 Å². The molecule has 0 aliphatic rings. The molecule has 2 atom stereocenters. The van der Waals surface area contributed by atoms with Crippen molar-refractivity contribution >= 4 is 34.4 Å². The SMILES string of the molecule is CC(O)C(Nc1nc(Oc2ccc(F)cc2F)nc2[nH]nc(-c3ccccc3Cl)c12)C(=O)OC(C)(C)C. The van der Waals surface area contributed by atoms with Crippen molar-refractivity contribution in [3.05, 3.63) is 59.1 Å². The second kappa shape index (κ2) is 10.3. The summed E-state index contributed by atoms with van der Waals surface area (Å²) in [5.41, 5.74) is 0.250. The van der Waals surface area contributed by atoms with Crippen LogP contribution in [0.25, 0.3) is 22.3 Å². The molecule has 12 heteroatoms. The minimum absolute atomic E-state index is 0.0305. The fourth-order valence-electron chi connectivity index (χ4n) is 3.45. The van der Waals surface area contributed by atoms with Crippen molar-refractivity contribution in [2.45, 2.75) is 45.4 Å². The van der Waals surface area contributed by atoms with Gasteiger partial charge in [-0.05, 0) is 45.9 Å². The lowest BCUT2D eigenvalue weighted by Gasteiger charge is -2.26. The van der Waals surface area contributed by atoms with Crippen LogP contribution >= 0.6 is 11.6 Å². The number of ether oxygens (including phenoxy) is 2. The molecule has 0 bridgehead atoms. The van der Waals surface area contributed by atoms with Gasteiger partial charge in [0, 0.05) is 11.6 Å². The number of fused-ring (bicyclic) bond motifs is 1. The minimum atomic E-state index is -1.25. The first-order valence-corrected chi connectivity index (χ1v) is 11.6. The smallest absolute Gasteiger partial charge is 0.331 e. The molecule has 0 amide bonds. The average molecular weight is 532 g/mol. The summed E-state index contributed by atoms with van der Waals surface area (Å²) in [7, 11) is 0. The molecule has 4 rings (SSSR count). The monoisotopic (exact) mass is 531 g/mol. The van der Waals surface area contributed by atoms with Crippen LogP contribution in [0, 0.1) is 11.6 Å². The number of aromatic nitrogens is 4. The number of carbonyl (C=O) groups excluding carboxylic acids is 1. The average Bonchev–Trinajstić information content (AvgIpc) is 3.22. The standard InChI is InChI=1S/C25H24ClF2N5O4/c1-12(34)19(23(35)37-25(2,3)4)29-21-18-20(14-7-5-6-8-15(14)26)32-33-22(18)31-24(30-21)36-17-10-9-13(27)11-16(17)28/h5-12,19,34H,1-4H3,(H2,29,30,31,32,33). The third-order valence-corrected chi connectivity index (χ3v) is 5.39. The van der Waals surface area contributed by atoms with Crippen LogP contribution < -0.4 is 10.1 Å². The summed E-state index contributed by atoms with van der Waals surface area (Å²) < 4.78 is 38.5. The molecule has 2 aromatic carbocycles. The molecule has 9 nitrogen and oxygen atoms in total. The van der Waals surface area contributed by atoms with E-state index in [2.05, 4.69) is 25.5 Å². The summed E-state index contributed by atoms with van der Waals surface area (Å²) in [6, 6.07) is 8.13. The predicted molar refractivity (Wildman–Crippen MR) is 133 cm³/mol. The van der Waals surface area contributed by atoms with Gasteiger partial charge in [-0.3, -0.25) is 5.10 Å². The molecule has 0 aliphatic carbocycles. The lowest BCUT2D eigenvalue weighted by molar-refractivity contribution is -0.158. The van der Waals surface area contributed by atoms with E-state index in [0.717, 1.165) is 12.1 Å². The molecule has 37 heavy (non-hydrogen) atoms. The zero-order valence-corrected chi connectivity index (χ0v) is 21.1. The molecule has 3 N–H and O–H groups in total. The molecule has 0 spiro atoms. The summed E-state index contributed by atoms with van der Waals surface area (Å²) in [6.07, 6.45) is -1.20. The van der Waals surface area contributed by atoms with E-state index in [0.29, 0.717) is 27.7 Å². The molecule has 0 radical (unpaired) electrons. The van der Waals surface area contributed by atoms with Crippen molar-refractivity contribution in [3.8, 4) is 23.0 Å². The van der Waals surface area contributed by atoms with Crippen molar-refractivity contribution in [1.82, 2.24) is 20.2 Å². The van der Waals surface area contributed by atoms with Gasteiger partial charge in [0.1, 0.15) is 22.9 Å². The Bertz CT molecular complexity index is 1460. The van der Waals surface area contributed by atoms with Crippen molar-refractivity contribution < 1.29 is 28.2 Å². The highest BCUT2D eigenvalue weighted by molar-refractivity contribution is 6.33. The summed E-state index contributed by atoms with van der Waals surface area (Å²) in [5.74, 6) is -2.77. The molecule has 194 valence electrons. The van der Waals surface area contributed by atoms with Crippen molar-refractivity contribution in [3.63, 3.8) is 0 Å². The Balaban J connectivity index is 1.84. The van der Waals surface area contributed by atoms with E-state index in [1.165, 1.54) is 6.92 Å². The number of nitrogens with one attached hydrogen (secondary N) is 2. The third-order valence-electron chi connectivity index (χ3n) is 5.06. The van der Waals surface area contributed by atoms with E-state index in [-0.39, 0.29) is 23.2 Å². The number of rotatable bonds is 7. The number of halogens is 3. The van der Waals surface area contributed by atoms with Crippen LogP contribution in [-0.4, -0.2) is 49.0 Å². The van der Waals surface area contributed by atoms with E-state index in [1.54, 1.807) is 45.0 Å². The largest absolute Gasteiger partial charge is 0.458 e. The Morgan fingerprint density at radius 3 is 2.54 bits per heavy atom. The topological polar surface area (TPSA) is 122 Å². The van der Waals surface area contributed by atoms with Gasteiger partial charge < -0.3 is 19.9 Å². The first-order chi connectivity index (χ1) is 17.4. The number of anilines is 1. The molecule has 2 heterocycles. The van der Waals surface area contributed by atoms with Crippen molar-refractivity contribution in [2.24, 2.45) is 0 Å². The van der Waals surface area contributed by atoms with Gasteiger partial charge in [0.25, 0.3) is 0 Å². The van der Waals surface area contributed by atoms with Crippen molar-refractivity contribution in [2.75, 3.05) is 5.32 Å². The summed E-state index contributed by atoms with van der Waals surface area (Å²) in [4.78, 5) is 21.5. The van der Waals surface area contributed by atoms with Gasteiger partial charge in [-0.25, -0.2) is 13.6 Å². The number of carbonyl (C=O) groups is 1. The van der Waals surface area contributed by atoms with Gasteiger partial charge in [0.2, 0.25) is 0 Å². The molecule has 0 aliphatic heterocycles. The highest BCUT2D eigenvalue weighted by Crippen LogP contribution is 2.36. The third kappa shape index (κ3) is 5.95. The quantitative estimate of drug-likeness (QED) is 0.276. The first-order valence-electron chi connectivity index (χ1n) is 11.2. The van der Waals surface area contributed by atoms with Gasteiger partial charge in [-0.1, -0.05) is 29.8 Å². The number of nitrogens with zero attached hydrogens (tertiary/aromatic N) is 3. The minimum Gasteiger partial charge on any atom is -0.458 e. The zero-order valence-electron chi connectivity index (χ0n) is 20.3. The molecule has 4 aromatic rings. The second-order valence-electron chi connectivity index (χ2n) is 9.20. The lowest BCUT2D eigenvalue weighted by Crippen LogP contribution is -2.43.